The summed E-state index contributed by atoms with van der Waals surface area (Å²) in [5.74, 6) is 0.00118. The molecular weight excluding hydrogens is 270 g/mol. The molecule has 0 radical (unpaired) electrons. The number of nitro groups is 1. The zero-order chi connectivity index (χ0) is 15.2. The minimum Gasteiger partial charge on any atom is -0.508 e. The van der Waals surface area contributed by atoms with Gasteiger partial charge in [0, 0.05) is 29.9 Å². The number of nitriles is 1. The van der Waals surface area contributed by atoms with Crippen LogP contribution in [0.3, 0.4) is 0 Å². The molecule has 2 N–H and O–H groups in total. The molecule has 0 aromatic heterocycles. The van der Waals surface area contributed by atoms with E-state index < -0.39 is 4.92 Å². The van der Waals surface area contributed by atoms with Gasteiger partial charge in [0.05, 0.1) is 17.4 Å². The topological polar surface area (TPSA) is 99.2 Å². The van der Waals surface area contributed by atoms with E-state index in [-0.39, 0.29) is 18.0 Å². The molecule has 21 heavy (non-hydrogen) atoms. The summed E-state index contributed by atoms with van der Waals surface area (Å²) < 4.78 is 0. The Morgan fingerprint density at radius 1 is 1.29 bits per heavy atom. The second kappa shape index (κ2) is 6.39. The molecule has 0 fully saturated rings. The Bertz CT molecular complexity index is 708. The molecule has 6 nitrogen and oxygen atoms in total. The lowest BCUT2D eigenvalue weighted by molar-refractivity contribution is -0.384. The van der Waals surface area contributed by atoms with Crippen LogP contribution < -0.4 is 5.32 Å². The Kier molecular flexibility index (Phi) is 4.36. The van der Waals surface area contributed by atoms with Crippen molar-refractivity contribution in [1.29, 1.82) is 5.26 Å². The molecule has 0 saturated carbocycles. The van der Waals surface area contributed by atoms with Crippen LogP contribution in [0.2, 0.25) is 0 Å². The standard InChI is InChI=1S/C15H13N3O3/c16-7-6-11-2-1-3-13(8-11)17-10-12-9-14(18(20)21)4-5-15(12)19/h1-5,8-9,17,19H,6,10H2. The Hall–Kier alpha value is -3.07. The minimum absolute atomic E-state index is 0.00118. The van der Waals surface area contributed by atoms with E-state index in [1.165, 1.54) is 18.2 Å². The van der Waals surface area contributed by atoms with Crippen molar-refractivity contribution in [3.63, 3.8) is 0 Å². The summed E-state index contributed by atoms with van der Waals surface area (Å²) in [6, 6.07) is 13.3. The summed E-state index contributed by atoms with van der Waals surface area (Å²) in [6.45, 7) is 0.253. The molecule has 0 bridgehead atoms. The van der Waals surface area contributed by atoms with Crippen LogP contribution in [0.4, 0.5) is 11.4 Å². The van der Waals surface area contributed by atoms with E-state index in [4.69, 9.17) is 5.26 Å². The lowest BCUT2D eigenvalue weighted by Crippen LogP contribution is -2.01. The maximum absolute atomic E-state index is 10.7. The number of hydrogen-bond donors (Lipinski definition) is 2. The van der Waals surface area contributed by atoms with Crippen LogP contribution in [-0.2, 0) is 13.0 Å². The normalized spacial score (nSPS) is 9.86. The van der Waals surface area contributed by atoms with E-state index in [0.29, 0.717) is 12.0 Å². The lowest BCUT2D eigenvalue weighted by Gasteiger charge is -2.09. The lowest BCUT2D eigenvalue weighted by atomic mass is 10.1. The number of phenols is 1. The highest BCUT2D eigenvalue weighted by molar-refractivity contribution is 5.49. The van der Waals surface area contributed by atoms with Crippen LogP contribution in [0.15, 0.2) is 42.5 Å². The van der Waals surface area contributed by atoms with E-state index in [1.54, 1.807) is 0 Å². The van der Waals surface area contributed by atoms with Gasteiger partial charge in [-0.05, 0) is 23.8 Å². The molecule has 0 amide bonds. The molecule has 106 valence electrons. The Balaban J connectivity index is 2.13. The van der Waals surface area contributed by atoms with E-state index in [9.17, 15) is 15.2 Å². The minimum atomic E-state index is -0.503. The third kappa shape index (κ3) is 3.70. The van der Waals surface area contributed by atoms with Gasteiger partial charge < -0.3 is 10.4 Å². The number of rotatable bonds is 5. The van der Waals surface area contributed by atoms with Crippen LogP contribution in [0, 0.1) is 21.4 Å². The van der Waals surface area contributed by atoms with Crippen LogP contribution >= 0.6 is 0 Å². The Morgan fingerprint density at radius 2 is 2.10 bits per heavy atom. The highest BCUT2D eigenvalue weighted by Gasteiger charge is 2.10. The third-order valence-corrected chi connectivity index (χ3v) is 2.97. The first-order valence-corrected chi connectivity index (χ1v) is 6.26. The molecule has 0 aliphatic carbocycles. The van der Waals surface area contributed by atoms with E-state index in [1.807, 2.05) is 24.3 Å². The second-order valence-corrected chi connectivity index (χ2v) is 4.46. The van der Waals surface area contributed by atoms with Crippen molar-refractivity contribution in [3.05, 3.63) is 63.7 Å². The van der Waals surface area contributed by atoms with Gasteiger partial charge in [0.1, 0.15) is 5.75 Å². The highest BCUT2D eigenvalue weighted by atomic mass is 16.6. The number of nitrogens with zero attached hydrogens (tertiary/aromatic N) is 2. The SMILES string of the molecule is N#CCc1cccc(NCc2cc([N+](=O)[O-])ccc2O)c1. The predicted octanol–water partition coefficient (Wildman–Crippen LogP) is 2.98. The molecule has 2 rings (SSSR count). The molecule has 0 heterocycles. The summed E-state index contributed by atoms with van der Waals surface area (Å²) in [5.41, 5.74) is 2.04. The molecule has 0 unspecified atom stereocenters. The number of non-ortho nitro benzene ring substituents is 1. The molecule has 2 aromatic carbocycles. The zero-order valence-corrected chi connectivity index (χ0v) is 11.1. The average molecular weight is 283 g/mol. The summed E-state index contributed by atoms with van der Waals surface area (Å²) in [6.07, 6.45) is 0.317. The zero-order valence-electron chi connectivity index (χ0n) is 11.1. The fraction of sp³-hybridized carbons (Fsp3) is 0.133. The maximum atomic E-state index is 10.7. The monoisotopic (exact) mass is 283 g/mol. The molecule has 2 aromatic rings. The number of phenolic OH excluding ortho intramolecular Hbond substituents is 1. The molecule has 0 spiro atoms. The molecule has 0 aliphatic heterocycles. The third-order valence-electron chi connectivity index (χ3n) is 2.97. The number of hydrogen-bond acceptors (Lipinski definition) is 5. The molecule has 6 heteroatoms. The average Bonchev–Trinajstić information content (AvgIpc) is 2.47. The Labute approximate surface area is 121 Å². The number of anilines is 1. The summed E-state index contributed by atoms with van der Waals surface area (Å²) in [7, 11) is 0. The largest absolute Gasteiger partial charge is 0.508 e. The first-order valence-electron chi connectivity index (χ1n) is 6.26. The van der Waals surface area contributed by atoms with Crippen LogP contribution in [0.1, 0.15) is 11.1 Å². The Morgan fingerprint density at radius 3 is 2.81 bits per heavy atom. The molecular formula is C15H13N3O3. The fourth-order valence-electron chi connectivity index (χ4n) is 1.91. The maximum Gasteiger partial charge on any atom is 0.270 e. The van der Waals surface area contributed by atoms with Gasteiger partial charge in [0.15, 0.2) is 0 Å². The van der Waals surface area contributed by atoms with Crippen LogP contribution in [0.25, 0.3) is 0 Å². The number of benzene rings is 2. The molecule has 0 saturated heterocycles. The first-order chi connectivity index (χ1) is 10.1. The van der Waals surface area contributed by atoms with Crippen molar-refractivity contribution in [2.75, 3.05) is 5.32 Å². The van der Waals surface area contributed by atoms with Gasteiger partial charge in [-0.15, -0.1) is 0 Å². The fourth-order valence-corrected chi connectivity index (χ4v) is 1.91. The van der Waals surface area contributed by atoms with Crippen molar-refractivity contribution in [1.82, 2.24) is 0 Å². The van der Waals surface area contributed by atoms with Crippen LogP contribution in [-0.4, -0.2) is 10.0 Å². The van der Waals surface area contributed by atoms with Gasteiger partial charge in [0.25, 0.3) is 5.69 Å². The van der Waals surface area contributed by atoms with Gasteiger partial charge in [-0.25, -0.2) is 0 Å². The van der Waals surface area contributed by atoms with Crippen molar-refractivity contribution >= 4 is 11.4 Å². The van der Waals surface area contributed by atoms with Gasteiger partial charge in [0.2, 0.25) is 0 Å². The smallest absolute Gasteiger partial charge is 0.270 e. The summed E-state index contributed by atoms with van der Waals surface area (Å²) in [4.78, 5) is 10.2. The van der Waals surface area contributed by atoms with Crippen molar-refractivity contribution < 1.29 is 10.0 Å². The summed E-state index contributed by atoms with van der Waals surface area (Å²) >= 11 is 0. The van der Waals surface area contributed by atoms with E-state index >= 15 is 0 Å². The van der Waals surface area contributed by atoms with Gasteiger partial charge >= 0.3 is 0 Å². The van der Waals surface area contributed by atoms with Crippen molar-refractivity contribution in [2.45, 2.75) is 13.0 Å². The molecule has 0 aliphatic rings. The number of nitro benzene ring substituents is 1. The summed E-state index contributed by atoms with van der Waals surface area (Å²) in [5, 5.41) is 32.2. The predicted molar refractivity (Wildman–Crippen MR) is 77.8 cm³/mol. The highest BCUT2D eigenvalue weighted by Crippen LogP contribution is 2.24. The van der Waals surface area contributed by atoms with Gasteiger partial charge in [-0.3, -0.25) is 10.1 Å². The van der Waals surface area contributed by atoms with Gasteiger partial charge in [-0.2, -0.15) is 5.26 Å². The quantitative estimate of drug-likeness (QED) is 0.649. The van der Waals surface area contributed by atoms with Crippen molar-refractivity contribution in [3.8, 4) is 11.8 Å². The second-order valence-electron chi connectivity index (χ2n) is 4.46. The van der Waals surface area contributed by atoms with E-state index in [2.05, 4.69) is 11.4 Å². The van der Waals surface area contributed by atoms with Crippen molar-refractivity contribution in [2.24, 2.45) is 0 Å². The molecule has 0 atom stereocenters. The van der Waals surface area contributed by atoms with Gasteiger partial charge in [-0.1, -0.05) is 12.1 Å². The number of nitrogens with one attached hydrogen (secondary N) is 1. The number of aromatic hydroxyl groups is 1. The van der Waals surface area contributed by atoms with E-state index in [0.717, 1.165) is 11.3 Å². The van der Waals surface area contributed by atoms with Crippen LogP contribution in [0.5, 0.6) is 5.75 Å². The first kappa shape index (κ1) is 14.3.